The van der Waals surface area contributed by atoms with Gasteiger partial charge < -0.3 is 9.32 Å². The van der Waals surface area contributed by atoms with Gasteiger partial charge in [0.25, 0.3) is 0 Å². The number of likely N-dealkylation sites (tertiary alicyclic amines) is 1. The van der Waals surface area contributed by atoms with Gasteiger partial charge in [0.1, 0.15) is 5.52 Å². The van der Waals surface area contributed by atoms with Crippen molar-refractivity contribution in [3.63, 3.8) is 0 Å². The fraction of sp³-hybridized carbons (Fsp3) is 0.364. The molecule has 0 N–H and O–H groups in total. The molecule has 6 heteroatoms. The topological polar surface area (TPSA) is 49.6 Å². The van der Waals surface area contributed by atoms with Gasteiger partial charge in [0.05, 0.1) is 12.2 Å². The molecule has 3 heterocycles. The summed E-state index contributed by atoms with van der Waals surface area (Å²) in [6, 6.07) is 16.1. The van der Waals surface area contributed by atoms with E-state index < -0.39 is 0 Å². The molecule has 3 aromatic rings. The van der Waals surface area contributed by atoms with Crippen molar-refractivity contribution >= 4 is 34.5 Å². The van der Waals surface area contributed by atoms with E-state index >= 15 is 0 Å². The number of oxazole rings is 1. The van der Waals surface area contributed by atoms with Crippen LogP contribution in [0.15, 0.2) is 57.8 Å². The second-order valence-corrected chi connectivity index (χ2v) is 8.57. The zero-order valence-corrected chi connectivity index (χ0v) is 16.5. The summed E-state index contributed by atoms with van der Waals surface area (Å²) in [5.41, 5.74) is 2.85. The quantitative estimate of drug-likeness (QED) is 0.669. The lowest BCUT2D eigenvalue weighted by molar-refractivity contribution is -0.120. The van der Waals surface area contributed by atoms with Crippen molar-refractivity contribution in [1.82, 2.24) is 9.88 Å². The second-order valence-electron chi connectivity index (χ2n) is 7.43. The van der Waals surface area contributed by atoms with Crippen LogP contribution in [-0.4, -0.2) is 47.7 Å². The van der Waals surface area contributed by atoms with E-state index in [4.69, 9.17) is 4.42 Å². The van der Waals surface area contributed by atoms with Gasteiger partial charge in [0, 0.05) is 23.1 Å². The van der Waals surface area contributed by atoms with Crippen LogP contribution in [0.1, 0.15) is 24.7 Å². The minimum absolute atomic E-state index is 0.202. The van der Waals surface area contributed by atoms with Gasteiger partial charge in [-0.25, -0.2) is 4.98 Å². The Balaban J connectivity index is 1.21. The molecule has 0 atom stereocenters. The highest BCUT2D eigenvalue weighted by Crippen LogP contribution is 2.35. The summed E-state index contributed by atoms with van der Waals surface area (Å²) in [7, 11) is 0. The number of rotatable bonds is 3. The van der Waals surface area contributed by atoms with Crippen LogP contribution in [0.5, 0.6) is 0 Å². The number of fused-ring (bicyclic) bond motifs is 2. The number of nitrogens with zero attached hydrogens (tertiary/aromatic N) is 3. The SMILES string of the molecule is O=C(CN1CCC(c2nc3ccccc3o2)CC1)N1CCSc2ccccc21. The van der Waals surface area contributed by atoms with Gasteiger partial charge in [-0.1, -0.05) is 24.3 Å². The molecule has 0 spiro atoms. The minimum atomic E-state index is 0.202. The highest BCUT2D eigenvalue weighted by molar-refractivity contribution is 7.99. The molecular formula is C22H23N3O2S. The summed E-state index contributed by atoms with van der Waals surface area (Å²) < 4.78 is 5.95. The molecular weight excluding hydrogens is 370 g/mol. The molecule has 2 aliphatic heterocycles. The number of amides is 1. The predicted octanol–water partition coefficient (Wildman–Crippen LogP) is 4.15. The summed E-state index contributed by atoms with van der Waals surface area (Å²) in [5, 5.41) is 0. The lowest BCUT2D eigenvalue weighted by atomic mass is 9.97. The Bertz CT molecular complexity index is 961. The maximum atomic E-state index is 12.9. The van der Waals surface area contributed by atoms with Gasteiger partial charge >= 0.3 is 0 Å². The Hall–Kier alpha value is -2.31. The van der Waals surface area contributed by atoms with E-state index in [0.717, 1.165) is 60.9 Å². The Labute approximate surface area is 168 Å². The van der Waals surface area contributed by atoms with Crippen molar-refractivity contribution in [1.29, 1.82) is 0 Å². The predicted molar refractivity (Wildman–Crippen MR) is 112 cm³/mol. The van der Waals surface area contributed by atoms with Crippen LogP contribution in [-0.2, 0) is 4.79 Å². The molecule has 0 saturated carbocycles. The number of carbonyl (C=O) groups is 1. The molecule has 5 nitrogen and oxygen atoms in total. The van der Waals surface area contributed by atoms with Gasteiger partial charge in [0.2, 0.25) is 5.91 Å². The van der Waals surface area contributed by atoms with Gasteiger partial charge in [-0.2, -0.15) is 0 Å². The van der Waals surface area contributed by atoms with Crippen LogP contribution in [0.3, 0.4) is 0 Å². The average Bonchev–Trinajstić information content (AvgIpc) is 3.18. The second kappa shape index (κ2) is 7.60. The number of carbonyl (C=O) groups excluding carboxylic acids is 1. The molecule has 5 rings (SSSR count). The molecule has 0 unspecified atom stereocenters. The van der Waals surface area contributed by atoms with Crippen LogP contribution < -0.4 is 4.90 Å². The molecule has 28 heavy (non-hydrogen) atoms. The first-order valence-corrected chi connectivity index (χ1v) is 10.9. The third kappa shape index (κ3) is 3.42. The molecule has 2 aromatic carbocycles. The zero-order valence-electron chi connectivity index (χ0n) is 15.7. The summed E-state index contributed by atoms with van der Waals surface area (Å²) in [6.07, 6.45) is 1.96. The third-order valence-electron chi connectivity index (χ3n) is 5.64. The summed E-state index contributed by atoms with van der Waals surface area (Å²) in [5.74, 6) is 2.34. The number of anilines is 1. The Kier molecular flexibility index (Phi) is 4.82. The largest absolute Gasteiger partial charge is 0.440 e. The molecule has 144 valence electrons. The van der Waals surface area contributed by atoms with Crippen molar-refractivity contribution < 1.29 is 9.21 Å². The van der Waals surface area contributed by atoms with E-state index in [1.54, 1.807) is 0 Å². The van der Waals surface area contributed by atoms with Crippen LogP contribution in [0.25, 0.3) is 11.1 Å². The number of benzene rings is 2. The monoisotopic (exact) mass is 393 g/mol. The van der Waals surface area contributed by atoms with Crippen molar-refractivity contribution in [2.24, 2.45) is 0 Å². The van der Waals surface area contributed by atoms with Crippen LogP contribution in [0, 0.1) is 0 Å². The van der Waals surface area contributed by atoms with E-state index in [1.165, 1.54) is 4.90 Å². The molecule has 2 aliphatic rings. The van der Waals surface area contributed by atoms with Gasteiger partial charge in [0.15, 0.2) is 11.5 Å². The Morgan fingerprint density at radius 2 is 1.86 bits per heavy atom. The first-order chi connectivity index (χ1) is 13.8. The van der Waals surface area contributed by atoms with Crippen LogP contribution in [0.2, 0.25) is 0 Å². The Morgan fingerprint density at radius 3 is 2.71 bits per heavy atom. The van der Waals surface area contributed by atoms with Crippen molar-refractivity contribution in [3.05, 3.63) is 54.4 Å². The normalized spacial score (nSPS) is 18.4. The number of para-hydroxylation sites is 3. The maximum Gasteiger partial charge on any atom is 0.241 e. The number of thioether (sulfide) groups is 1. The molecule has 1 aromatic heterocycles. The van der Waals surface area contributed by atoms with Crippen LogP contribution >= 0.6 is 11.8 Å². The van der Waals surface area contributed by atoms with E-state index in [-0.39, 0.29) is 5.91 Å². The summed E-state index contributed by atoms with van der Waals surface area (Å²) in [6.45, 7) is 3.08. The minimum Gasteiger partial charge on any atom is -0.440 e. The maximum absolute atomic E-state index is 12.9. The lowest BCUT2D eigenvalue weighted by Gasteiger charge is -2.34. The molecule has 0 radical (unpaired) electrons. The number of aromatic nitrogens is 1. The molecule has 1 fully saturated rings. The molecule has 1 saturated heterocycles. The van der Waals surface area contributed by atoms with Crippen molar-refractivity contribution in [2.45, 2.75) is 23.7 Å². The Morgan fingerprint density at radius 1 is 1.07 bits per heavy atom. The van der Waals surface area contributed by atoms with Gasteiger partial charge in [-0.15, -0.1) is 11.8 Å². The van der Waals surface area contributed by atoms with E-state index in [9.17, 15) is 4.79 Å². The number of piperidine rings is 1. The molecule has 0 aliphatic carbocycles. The standard InChI is InChI=1S/C22H23N3O2S/c26-21(25-13-14-28-20-8-4-2-6-18(20)25)15-24-11-9-16(10-12-24)22-23-17-5-1-3-7-19(17)27-22/h1-8,16H,9-15H2. The smallest absolute Gasteiger partial charge is 0.241 e. The fourth-order valence-electron chi connectivity index (χ4n) is 4.11. The zero-order chi connectivity index (χ0) is 18.9. The third-order valence-corrected chi connectivity index (χ3v) is 6.68. The first kappa shape index (κ1) is 17.8. The summed E-state index contributed by atoms with van der Waals surface area (Å²) in [4.78, 5) is 23.0. The highest BCUT2D eigenvalue weighted by Gasteiger charge is 2.28. The van der Waals surface area contributed by atoms with Crippen molar-refractivity contribution in [2.75, 3.05) is 36.8 Å². The fourth-order valence-corrected chi connectivity index (χ4v) is 5.10. The molecule has 0 bridgehead atoms. The highest BCUT2D eigenvalue weighted by atomic mass is 32.2. The van der Waals surface area contributed by atoms with Gasteiger partial charge in [-0.3, -0.25) is 9.69 Å². The van der Waals surface area contributed by atoms with E-state index in [2.05, 4.69) is 22.0 Å². The van der Waals surface area contributed by atoms with E-state index in [1.807, 2.05) is 53.1 Å². The lowest BCUT2D eigenvalue weighted by Crippen LogP contribution is -2.45. The first-order valence-electron chi connectivity index (χ1n) is 9.88. The van der Waals surface area contributed by atoms with Gasteiger partial charge in [-0.05, 0) is 50.2 Å². The molecule has 1 amide bonds. The average molecular weight is 394 g/mol. The van der Waals surface area contributed by atoms with E-state index in [0.29, 0.717) is 12.5 Å². The number of hydrogen-bond acceptors (Lipinski definition) is 5. The van der Waals surface area contributed by atoms with Crippen molar-refractivity contribution in [3.8, 4) is 0 Å². The summed E-state index contributed by atoms with van der Waals surface area (Å²) >= 11 is 1.83. The van der Waals surface area contributed by atoms with Crippen LogP contribution in [0.4, 0.5) is 5.69 Å². The number of hydrogen-bond donors (Lipinski definition) is 0.